The Bertz CT molecular complexity index is 365. The monoisotopic (exact) mass is 266 g/mol. The van der Waals surface area contributed by atoms with Crippen LogP contribution in [0.1, 0.15) is 15.9 Å². The molecule has 0 fully saturated rings. The van der Waals surface area contributed by atoms with Crippen molar-refractivity contribution >= 4 is 5.91 Å². The van der Waals surface area contributed by atoms with Gasteiger partial charge in [0.05, 0.1) is 19.8 Å². The van der Waals surface area contributed by atoms with Crippen molar-refractivity contribution in [3.05, 3.63) is 35.4 Å². The van der Waals surface area contributed by atoms with Crippen molar-refractivity contribution in [1.29, 1.82) is 0 Å². The predicted octanol–water partition coefficient (Wildman–Crippen LogP) is 0.799. The molecule has 1 amide bonds. The summed E-state index contributed by atoms with van der Waals surface area (Å²) in [5.74, 6) is -0.0638. The van der Waals surface area contributed by atoms with E-state index in [1.165, 1.54) is 0 Å². The van der Waals surface area contributed by atoms with Crippen LogP contribution in [0.4, 0.5) is 0 Å². The van der Waals surface area contributed by atoms with Crippen molar-refractivity contribution < 1.29 is 14.3 Å². The number of nitrogens with one attached hydrogen (secondary N) is 2. The van der Waals surface area contributed by atoms with Crippen LogP contribution in [-0.4, -0.2) is 46.4 Å². The van der Waals surface area contributed by atoms with E-state index >= 15 is 0 Å². The second-order valence-corrected chi connectivity index (χ2v) is 4.06. The highest BCUT2D eigenvalue weighted by atomic mass is 16.5. The first-order valence-corrected chi connectivity index (χ1v) is 6.36. The summed E-state index contributed by atoms with van der Waals surface area (Å²) < 4.78 is 10.2. The summed E-state index contributed by atoms with van der Waals surface area (Å²) >= 11 is 0. The van der Waals surface area contributed by atoms with Gasteiger partial charge in [0.1, 0.15) is 0 Å². The zero-order chi connectivity index (χ0) is 13.9. The highest BCUT2D eigenvalue weighted by Crippen LogP contribution is 2.03. The van der Waals surface area contributed by atoms with E-state index in [2.05, 4.69) is 10.6 Å². The van der Waals surface area contributed by atoms with Crippen LogP contribution in [-0.2, 0) is 16.0 Å². The second kappa shape index (κ2) is 9.49. The summed E-state index contributed by atoms with van der Waals surface area (Å²) in [6, 6.07) is 7.54. The summed E-state index contributed by atoms with van der Waals surface area (Å²) in [6.07, 6.45) is 0. The molecule has 0 aliphatic carbocycles. The number of ether oxygens (including phenoxy) is 2. The largest absolute Gasteiger partial charge is 0.382 e. The van der Waals surface area contributed by atoms with E-state index in [0.717, 1.165) is 18.7 Å². The molecule has 0 spiro atoms. The number of carbonyl (C=O) groups excluding carboxylic acids is 1. The van der Waals surface area contributed by atoms with Gasteiger partial charge < -0.3 is 20.1 Å². The number of hydrogen-bond acceptors (Lipinski definition) is 4. The molecule has 0 bridgehead atoms. The van der Waals surface area contributed by atoms with Crippen molar-refractivity contribution in [3.8, 4) is 0 Å². The number of methoxy groups -OCH3 is 1. The standard InChI is InChI=1S/C14H22N2O3/c1-15-14(17)13-5-3-12(4-6-13)11-16-7-8-19-10-9-18-2/h3-6,16H,7-11H2,1-2H3,(H,15,17). The topological polar surface area (TPSA) is 59.6 Å². The van der Waals surface area contributed by atoms with Gasteiger partial charge in [0.2, 0.25) is 0 Å². The number of rotatable bonds is 9. The van der Waals surface area contributed by atoms with Crippen molar-refractivity contribution in [2.45, 2.75) is 6.54 Å². The molecule has 0 atom stereocenters. The third-order valence-corrected chi connectivity index (χ3v) is 2.63. The molecule has 0 aliphatic heterocycles. The fourth-order valence-corrected chi connectivity index (χ4v) is 1.54. The molecule has 2 N–H and O–H groups in total. The quantitative estimate of drug-likeness (QED) is 0.649. The molecule has 106 valence electrons. The average Bonchev–Trinajstić information content (AvgIpc) is 2.46. The Morgan fingerprint density at radius 2 is 1.89 bits per heavy atom. The lowest BCUT2D eigenvalue weighted by Gasteiger charge is -2.07. The van der Waals surface area contributed by atoms with E-state index in [-0.39, 0.29) is 5.91 Å². The first kappa shape index (κ1) is 15.6. The Kier molecular flexibility index (Phi) is 7.81. The van der Waals surface area contributed by atoms with Crippen LogP contribution in [0, 0.1) is 0 Å². The lowest BCUT2D eigenvalue weighted by atomic mass is 10.1. The summed E-state index contributed by atoms with van der Waals surface area (Å²) in [5, 5.41) is 5.87. The SMILES string of the molecule is CNC(=O)c1ccc(CNCCOCCOC)cc1. The smallest absolute Gasteiger partial charge is 0.251 e. The highest BCUT2D eigenvalue weighted by molar-refractivity contribution is 5.93. The molecular weight excluding hydrogens is 244 g/mol. The molecule has 1 aromatic rings. The maximum atomic E-state index is 11.4. The molecule has 0 aromatic heterocycles. The van der Waals surface area contributed by atoms with E-state index in [1.807, 2.05) is 24.3 Å². The highest BCUT2D eigenvalue weighted by Gasteiger charge is 2.01. The molecule has 0 heterocycles. The van der Waals surface area contributed by atoms with Crippen LogP contribution in [0.2, 0.25) is 0 Å². The van der Waals surface area contributed by atoms with Crippen LogP contribution >= 0.6 is 0 Å². The molecule has 19 heavy (non-hydrogen) atoms. The van der Waals surface area contributed by atoms with E-state index in [0.29, 0.717) is 25.4 Å². The van der Waals surface area contributed by atoms with Gasteiger partial charge in [-0.15, -0.1) is 0 Å². The minimum Gasteiger partial charge on any atom is -0.382 e. The molecule has 1 aromatic carbocycles. The molecule has 0 saturated heterocycles. The normalized spacial score (nSPS) is 10.4. The Balaban J connectivity index is 2.18. The summed E-state index contributed by atoms with van der Waals surface area (Å²) in [6.45, 7) is 3.47. The molecule has 1 rings (SSSR count). The lowest BCUT2D eigenvalue weighted by Crippen LogP contribution is -2.20. The van der Waals surface area contributed by atoms with Gasteiger partial charge in [0.15, 0.2) is 0 Å². The third kappa shape index (κ3) is 6.33. The first-order chi connectivity index (χ1) is 9.27. The maximum Gasteiger partial charge on any atom is 0.251 e. The average molecular weight is 266 g/mol. The van der Waals surface area contributed by atoms with Gasteiger partial charge in [0, 0.05) is 32.8 Å². The Morgan fingerprint density at radius 1 is 1.16 bits per heavy atom. The van der Waals surface area contributed by atoms with Crippen LogP contribution in [0.5, 0.6) is 0 Å². The molecule has 0 unspecified atom stereocenters. The minimum absolute atomic E-state index is 0.0638. The predicted molar refractivity (Wildman–Crippen MR) is 74.2 cm³/mol. The van der Waals surface area contributed by atoms with E-state index in [9.17, 15) is 4.79 Å². The summed E-state index contributed by atoms with van der Waals surface area (Å²) in [4.78, 5) is 11.4. The Labute approximate surface area is 114 Å². The van der Waals surface area contributed by atoms with Crippen LogP contribution in [0.25, 0.3) is 0 Å². The van der Waals surface area contributed by atoms with Gasteiger partial charge in [-0.1, -0.05) is 12.1 Å². The molecular formula is C14H22N2O3. The Morgan fingerprint density at radius 3 is 2.53 bits per heavy atom. The number of amides is 1. The van der Waals surface area contributed by atoms with Crippen molar-refractivity contribution in [2.24, 2.45) is 0 Å². The van der Waals surface area contributed by atoms with E-state index in [1.54, 1.807) is 14.2 Å². The van der Waals surface area contributed by atoms with Crippen molar-refractivity contribution in [3.63, 3.8) is 0 Å². The first-order valence-electron chi connectivity index (χ1n) is 6.36. The molecule has 0 saturated carbocycles. The molecule has 0 radical (unpaired) electrons. The van der Waals surface area contributed by atoms with Crippen LogP contribution in [0.15, 0.2) is 24.3 Å². The number of benzene rings is 1. The van der Waals surface area contributed by atoms with E-state index in [4.69, 9.17) is 9.47 Å². The van der Waals surface area contributed by atoms with Gasteiger partial charge >= 0.3 is 0 Å². The van der Waals surface area contributed by atoms with Crippen LogP contribution < -0.4 is 10.6 Å². The zero-order valence-electron chi connectivity index (χ0n) is 11.6. The molecule has 5 nitrogen and oxygen atoms in total. The van der Waals surface area contributed by atoms with Gasteiger partial charge in [0.25, 0.3) is 5.91 Å². The fraction of sp³-hybridized carbons (Fsp3) is 0.500. The summed E-state index contributed by atoms with van der Waals surface area (Å²) in [5.41, 5.74) is 1.82. The lowest BCUT2D eigenvalue weighted by molar-refractivity contribution is 0.0719. The minimum atomic E-state index is -0.0638. The molecule has 5 heteroatoms. The number of hydrogen-bond donors (Lipinski definition) is 2. The van der Waals surface area contributed by atoms with Gasteiger partial charge in [-0.05, 0) is 17.7 Å². The van der Waals surface area contributed by atoms with Crippen molar-refractivity contribution in [1.82, 2.24) is 10.6 Å². The van der Waals surface area contributed by atoms with Gasteiger partial charge in [-0.3, -0.25) is 4.79 Å². The summed E-state index contributed by atoms with van der Waals surface area (Å²) in [7, 11) is 3.28. The van der Waals surface area contributed by atoms with Crippen LogP contribution in [0.3, 0.4) is 0 Å². The van der Waals surface area contributed by atoms with Gasteiger partial charge in [-0.2, -0.15) is 0 Å². The third-order valence-electron chi connectivity index (χ3n) is 2.63. The van der Waals surface area contributed by atoms with Crippen molar-refractivity contribution in [2.75, 3.05) is 40.5 Å². The second-order valence-electron chi connectivity index (χ2n) is 4.06. The fourth-order valence-electron chi connectivity index (χ4n) is 1.54. The van der Waals surface area contributed by atoms with E-state index < -0.39 is 0 Å². The zero-order valence-corrected chi connectivity index (χ0v) is 11.6. The Hall–Kier alpha value is -1.43. The number of carbonyl (C=O) groups is 1. The maximum absolute atomic E-state index is 11.4. The molecule has 0 aliphatic rings. The van der Waals surface area contributed by atoms with Gasteiger partial charge in [-0.25, -0.2) is 0 Å².